The second-order valence-corrected chi connectivity index (χ2v) is 5.47. The molecule has 0 saturated heterocycles. The van der Waals surface area contributed by atoms with Gasteiger partial charge in [-0.15, -0.1) is 0 Å². The fraction of sp³-hybridized carbons (Fsp3) is 0.643. The Balaban J connectivity index is 2.09. The van der Waals surface area contributed by atoms with Gasteiger partial charge >= 0.3 is 0 Å². The van der Waals surface area contributed by atoms with E-state index < -0.39 is 0 Å². The number of carbonyl (C=O) groups excluding carboxylic acids is 1. The molecule has 0 bridgehead atoms. The molecule has 1 heterocycles. The molecule has 1 aromatic rings. The standard InChI is InChI=1S/C14H18N2O2/c1-9-8-13(18)16(14(15-9)10-6-7-10)11-4-2-3-5-12(11)17/h8,10-11H,2-7H2,1H3. The second-order valence-electron chi connectivity index (χ2n) is 5.47. The van der Waals surface area contributed by atoms with Crippen LogP contribution in [0.5, 0.6) is 0 Å². The van der Waals surface area contributed by atoms with Gasteiger partial charge in [-0.2, -0.15) is 0 Å². The highest BCUT2D eigenvalue weighted by atomic mass is 16.1. The molecule has 4 heteroatoms. The van der Waals surface area contributed by atoms with E-state index >= 15 is 0 Å². The number of Topliss-reactive ketones (excluding diaryl/α,β-unsaturated/α-hetero) is 1. The first-order valence-corrected chi connectivity index (χ1v) is 6.79. The van der Waals surface area contributed by atoms with Gasteiger partial charge in [-0.1, -0.05) is 6.42 Å². The van der Waals surface area contributed by atoms with E-state index in [1.54, 1.807) is 10.6 Å². The van der Waals surface area contributed by atoms with Gasteiger partial charge in [0.2, 0.25) is 0 Å². The third-order valence-electron chi connectivity index (χ3n) is 3.88. The molecular weight excluding hydrogens is 228 g/mol. The van der Waals surface area contributed by atoms with Crippen molar-refractivity contribution in [1.29, 1.82) is 0 Å². The van der Waals surface area contributed by atoms with Crippen LogP contribution in [0.4, 0.5) is 0 Å². The summed E-state index contributed by atoms with van der Waals surface area (Å²) in [6.45, 7) is 1.85. The number of hydrogen-bond acceptors (Lipinski definition) is 3. The molecular formula is C14H18N2O2. The highest BCUT2D eigenvalue weighted by Crippen LogP contribution is 2.40. The minimum Gasteiger partial charge on any atom is -0.297 e. The average molecular weight is 246 g/mol. The number of carbonyl (C=O) groups is 1. The normalized spacial score (nSPS) is 24.3. The van der Waals surface area contributed by atoms with Crippen LogP contribution in [0, 0.1) is 6.92 Å². The number of hydrogen-bond donors (Lipinski definition) is 0. The Bertz CT molecular complexity index is 543. The predicted molar refractivity (Wildman–Crippen MR) is 67.7 cm³/mol. The fourth-order valence-corrected chi connectivity index (χ4v) is 2.81. The summed E-state index contributed by atoms with van der Waals surface area (Å²) >= 11 is 0. The molecule has 1 atom stereocenters. The molecule has 0 aromatic carbocycles. The molecule has 2 aliphatic carbocycles. The lowest BCUT2D eigenvalue weighted by atomic mass is 9.93. The van der Waals surface area contributed by atoms with E-state index in [1.807, 2.05) is 6.92 Å². The molecule has 2 aliphatic rings. The number of aryl methyl sites for hydroxylation is 1. The number of rotatable bonds is 2. The Morgan fingerprint density at radius 1 is 1.22 bits per heavy atom. The maximum absolute atomic E-state index is 12.2. The van der Waals surface area contributed by atoms with Crippen LogP contribution in [-0.4, -0.2) is 15.3 Å². The van der Waals surface area contributed by atoms with Crippen molar-refractivity contribution >= 4 is 5.78 Å². The van der Waals surface area contributed by atoms with Crippen molar-refractivity contribution in [1.82, 2.24) is 9.55 Å². The smallest absolute Gasteiger partial charge is 0.254 e. The Morgan fingerprint density at radius 3 is 2.67 bits per heavy atom. The number of aromatic nitrogens is 2. The third-order valence-corrected chi connectivity index (χ3v) is 3.88. The van der Waals surface area contributed by atoms with Crippen LogP contribution < -0.4 is 5.56 Å². The van der Waals surface area contributed by atoms with Crippen molar-refractivity contribution in [3.63, 3.8) is 0 Å². The third kappa shape index (κ3) is 2.00. The van der Waals surface area contributed by atoms with Gasteiger partial charge in [0.05, 0.1) is 6.04 Å². The number of ketones is 1. The summed E-state index contributed by atoms with van der Waals surface area (Å²) in [7, 11) is 0. The molecule has 2 saturated carbocycles. The molecule has 1 aromatic heterocycles. The van der Waals surface area contributed by atoms with E-state index in [9.17, 15) is 9.59 Å². The molecule has 4 nitrogen and oxygen atoms in total. The van der Waals surface area contributed by atoms with Gasteiger partial charge in [-0.05, 0) is 32.6 Å². The second kappa shape index (κ2) is 4.34. The van der Waals surface area contributed by atoms with Crippen LogP contribution in [0.2, 0.25) is 0 Å². The SMILES string of the molecule is Cc1cc(=O)n(C2CCCCC2=O)c(C2CC2)n1. The molecule has 0 radical (unpaired) electrons. The van der Waals surface area contributed by atoms with Crippen molar-refractivity contribution in [3.8, 4) is 0 Å². The Hall–Kier alpha value is -1.45. The van der Waals surface area contributed by atoms with Gasteiger partial charge in [0, 0.05) is 24.1 Å². The average Bonchev–Trinajstić information content (AvgIpc) is 3.13. The molecule has 0 spiro atoms. The predicted octanol–water partition coefficient (Wildman–Crippen LogP) is 2.11. The van der Waals surface area contributed by atoms with E-state index in [4.69, 9.17) is 0 Å². The summed E-state index contributed by atoms with van der Waals surface area (Å²) < 4.78 is 1.69. The van der Waals surface area contributed by atoms with E-state index in [2.05, 4.69) is 4.98 Å². The van der Waals surface area contributed by atoms with Crippen LogP contribution in [0.15, 0.2) is 10.9 Å². The topological polar surface area (TPSA) is 52.0 Å². The zero-order valence-corrected chi connectivity index (χ0v) is 10.7. The minimum absolute atomic E-state index is 0.0513. The van der Waals surface area contributed by atoms with E-state index in [1.165, 1.54) is 0 Å². The summed E-state index contributed by atoms with van der Waals surface area (Å²) in [4.78, 5) is 28.8. The van der Waals surface area contributed by atoms with Crippen molar-refractivity contribution in [2.45, 2.75) is 57.4 Å². The molecule has 0 aliphatic heterocycles. The van der Waals surface area contributed by atoms with Gasteiger partial charge < -0.3 is 0 Å². The molecule has 0 amide bonds. The molecule has 1 unspecified atom stereocenters. The highest BCUT2D eigenvalue weighted by molar-refractivity contribution is 5.83. The van der Waals surface area contributed by atoms with Crippen LogP contribution in [0.25, 0.3) is 0 Å². The fourth-order valence-electron chi connectivity index (χ4n) is 2.81. The van der Waals surface area contributed by atoms with Gasteiger partial charge in [0.15, 0.2) is 5.78 Å². The van der Waals surface area contributed by atoms with Gasteiger partial charge in [0.25, 0.3) is 5.56 Å². The highest BCUT2D eigenvalue weighted by Gasteiger charge is 2.33. The molecule has 3 rings (SSSR count). The summed E-state index contributed by atoms with van der Waals surface area (Å²) in [5.74, 6) is 1.45. The Kier molecular flexibility index (Phi) is 2.80. The maximum atomic E-state index is 12.2. The lowest BCUT2D eigenvalue weighted by molar-refractivity contribution is -0.124. The maximum Gasteiger partial charge on any atom is 0.254 e. The summed E-state index contributed by atoms with van der Waals surface area (Å²) in [6.07, 6.45) is 5.58. The zero-order valence-electron chi connectivity index (χ0n) is 10.7. The van der Waals surface area contributed by atoms with Crippen LogP contribution in [0.1, 0.15) is 62.0 Å². The first-order chi connectivity index (χ1) is 8.66. The quantitative estimate of drug-likeness (QED) is 0.803. The zero-order chi connectivity index (χ0) is 12.7. The lowest BCUT2D eigenvalue weighted by Gasteiger charge is -2.25. The molecule has 96 valence electrons. The largest absolute Gasteiger partial charge is 0.297 e. The van der Waals surface area contributed by atoms with Crippen molar-refractivity contribution in [2.24, 2.45) is 0 Å². The Labute approximate surface area is 106 Å². The van der Waals surface area contributed by atoms with Crippen LogP contribution in [0.3, 0.4) is 0 Å². The van der Waals surface area contributed by atoms with Gasteiger partial charge in [-0.3, -0.25) is 14.2 Å². The van der Waals surface area contributed by atoms with Crippen LogP contribution >= 0.6 is 0 Å². The molecule has 2 fully saturated rings. The van der Waals surface area contributed by atoms with Crippen molar-refractivity contribution in [3.05, 3.63) is 27.9 Å². The Morgan fingerprint density at radius 2 is 2.00 bits per heavy atom. The summed E-state index contributed by atoms with van der Waals surface area (Å²) in [5, 5.41) is 0. The van der Waals surface area contributed by atoms with E-state index in [-0.39, 0.29) is 17.4 Å². The van der Waals surface area contributed by atoms with E-state index in [0.717, 1.165) is 43.6 Å². The first-order valence-electron chi connectivity index (χ1n) is 6.79. The summed E-state index contributed by atoms with van der Waals surface area (Å²) in [6, 6.07) is 1.29. The number of nitrogens with zero attached hydrogens (tertiary/aromatic N) is 2. The molecule has 0 N–H and O–H groups in total. The van der Waals surface area contributed by atoms with Gasteiger partial charge in [-0.25, -0.2) is 4.98 Å². The van der Waals surface area contributed by atoms with E-state index in [0.29, 0.717) is 12.3 Å². The molecule has 18 heavy (non-hydrogen) atoms. The summed E-state index contributed by atoms with van der Waals surface area (Å²) in [5.41, 5.74) is 0.714. The lowest BCUT2D eigenvalue weighted by Crippen LogP contribution is -2.34. The van der Waals surface area contributed by atoms with Crippen molar-refractivity contribution < 1.29 is 4.79 Å². The van der Waals surface area contributed by atoms with Crippen LogP contribution in [-0.2, 0) is 4.79 Å². The van der Waals surface area contributed by atoms with Gasteiger partial charge in [0.1, 0.15) is 5.82 Å². The minimum atomic E-state index is -0.255. The van der Waals surface area contributed by atoms with Crippen molar-refractivity contribution in [2.75, 3.05) is 0 Å². The monoisotopic (exact) mass is 246 g/mol. The first kappa shape index (κ1) is 11.6.